The zero-order chi connectivity index (χ0) is 37.1. The Hall–Kier alpha value is -6.22. The lowest BCUT2D eigenvalue weighted by Gasteiger charge is -2.15. The lowest BCUT2D eigenvalue weighted by atomic mass is 9.85. The Kier molecular flexibility index (Phi) is 9.82. The number of urea groups is 1. The van der Waals surface area contributed by atoms with Crippen LogP contribution in [0, 0.1) is 23.2 Å². The van der Waals surface area contributed by atoms with Crippen molar-refractivity contribution in [3.63, 3.8) is 0 Å². The molecule has 1 aliphatic heterocycles. The van der Waals surface area contributed by atoms with Gasteiger partial charge in [-0.2, -0.15) is 14.9 Å². The van der Waals surface area contributed by atoms with Gasteiger partial charge in [0.15, 0.2) is 0 Å². The maximum atomic E-state index is 13.9. The van der Waals surface area contributed by atoms with Crippen LogP contribution in [0.1, 0.15) is 63.1 Å². The predicted molar refractivity (Wildman–Crippen MR) is 203 cm³/mol. The van der Waals surface area contributed by atoms with E-state index >= 15 is 0 Å². The van der Waals surface area contributed by atoms with Gasteiger partial charge < -0.3 is 10.6 Å². The largest absolute Gasteiger partial charge is 0.441 e. The molecule has 12 heteroatoms. The number of nitriles is 1. The Labute approximate surface area is 309 Å². The highest BCUT2D eigenvalue weighted by molar-refractivity contribution is 6.06. The first-order chi connectivity index (χ1) is 25.7. The second-order valence-electron chi connectivity index (χ2n) is 14.2. The molecule has 12 nitrogen and oxygen atoms in total. The summed E-state index contributed by atoms with van der Waals surface area (Å²) in [7, 11) is 1.88. The first-order valence-corrected chi connectivity index (χ1v) is 18.1. The monoisotopic (exact) mass is 707 g/mol. The number of anilines is 2. The number of amides is 3. The molecule has 1 fully saturated rings. The Balaban J connectivity index is 1.08. The van der Waals surface area contributed by atoms with Gasteiger partial charge in [-0.1, -0.05) is 55.8 Å². The number of carbonyl (C=O) groups is 2. The summed E-state index contributed by atoms with van der Waals surface area (Å²) in [5.41, 5.74) is 6.62. The molecule has 7 rings (SSSR count). The van der Waals surface area contributed by atoms with Crippen LogP contribution in [0.4, 0.5) is 22.2 Å². The Morgan fingerprint density at radius 1 is 1.00 bits per heavy atom. The van der Waals surface area contributed by atoms with Crippen LogP contribution in [0.15, 0.2) is 85.5 Å². The third-order valence-corrected chi connectivity index (χ3v) is 10.2. The van der Waals surface area contributed by atoms with Gasteiger partial charge in [0.25, 0.3) is 5.82 Å². The van der Waals surface area contributed by atoms with E-state index in [4.69, 9.17) is 9.97 Å². The van der Waals surface area contributed by atoms with Gasteiger partial charge in [0.2, 0.25) is 11.9 Å². The summed E-state index contributed by atoms with van der Waals surface area (Å²) in [5.74, 6) is 1.45. The van der Waals surface area contributed by atoms with Crippen molar-refractivity contribution in [2.24, 2.45) is 18.9 Å². The third kappa shape index (κ3) is 7.28. The van der Waals surface area contributed by atoms with Gasteiger partial charge in [-0.15, -0.1) is 4.98 Å². The molecule has 53 heavy (non-hydrogen) atoms. The Morgan fingerprint density at radius 3 is 2.51 bits per heavy atom. The summed E-state index contributed by atoms with van der Waals surface area (Å²) >= 11 is 0. The maximum Gasteiger partial charge on any atom is 0.441 e. The number of rotatable bonds is 12. The normalized spacial score (nSPS) is 17.8. The number of aryl methyl sites for hydroxylation is 1. The highest BCUT2D eigenvalue weighted by Gasteiger charge is 2.50. The summed E-state index contributed by atoms with van der Waals surface area (Å²) in [6, 6.07) is 21.5. The van der Waals surface area contributed by atoms with Gasteiger partial charge in [0.05, 0.1) is 41.3 Å². The molecule has 3 amide bonds. The van der Waals surface area contributed by atoms with E-state index in [1.807, 2.05) is 87.8 Å². The molecular weight excluding hydrogens is 665 g/mol. The van der Waals surface area contributed by atoms with Crippen molar-refractivity contribution in [2.75, 3.05) is 17.2 Å². The van der Waals surface area contributed by atoms with Crippen LogP contribution in [0.25, 0.3) is 22.4 Å². The quantitative estimate of drug-likeness (QED) is 0.0928. The first-order valence-electron chi connectivity index (χ1n) is 18.1. The van der Waals surface area contributed by atoms with Crippen molar-refractivity contribution in [2.45, 2.75) is 58.4 Å². The second-order valence-corrected chi connectivity index (χ2v) is 14.2. The molecule has 2 atom stereocenters. The molecular formula is C41H43N10O2+. The number of carbonyl (C=O) groups excluding carboxylic acids is 2. The van der Waals surface area contributed by atoms with Gasteiger partial charge in [-0.05, 0) is 56.4 Å². The summed E-state index contributed by atoms with van der Waals surface area (Å²) < 4.78 is 3.54. The van der Waals surface area contributed by atoms with Crippen molar-refractivity contribution in [1.82, 2.24) is 30.0 Å². The molecule has 2 aromatic carbocycles. The molecule has 2 unspecified atom stereocenters. The van der Waals surface area contributed by atoms with Crippen molar-refractivity contribution in [1.29, 1.82) is 5.26 Å². The van der Waals surface area contributed by atoms with Crippen LogP contribution in [0.3, 0.4) is 0 Å². The van der Waals surface area contributed by atoms with Crippen molar-refractivity contribution < 1.29 is 14.2 Å². The zero-order valence-electron chi connectivity index (χ0n) is 30.4. The summed E-state index contributed by atoms with van der Waals surface area (Å²) in [6.45, 7) is 6.98. The second kappa shape index (κ2) is 14.8. The maximum absolute atomic E-state index is 13.9. The van der Waals surface area contributed by atoms with Gasteiger partial charge in [-0.25, -0.2) is 14.8 Å². The fourth-order valence-corrected chi connectivity index (χ4v) is 7.20. The summed E-state index contributed by atoms with van der Waals surface area (Å²) in [4.78, 5) is 40.4. The molecule has 1 saturated carbocycles. The average Bonchev–Trinajstić information content (AvgIpc) is 3.51. The number of hydrogen-bond acceptors (Lipinski definition) is 8. The molecule has 0 saturated heterocycles. The van der Waals surface area contributed by atoms with Crippen LogP contribution in [-0.4, -0.2) is 53.5 Å². The number of nitrogens with one attached hydrogen (secondary N) is 3. The fraction of sp³-hybridized carbons (Fsp3) is 0.317. The molecule has 1 aliphatic carbocycles. The van der Waals surface area contributed by atoms with E-state index in [1.165, 1.54) is 6.20 Å². The highest BCUT2D eigenvalue weighted by atomic mass is 16.2. The van der Waals surface area contributed by atoms with E-state index in [0.29, 0.717) is 36.1 Å². The first kappa shape index (κ1) is 35.2. The number of pyridine rings is 1. The lowest BCUT2D eigenvalue weighted by molar-refractivity contribution is -0.337. The van der Waals surface area contributed by atoms with Crippen molar-refractivity contribution >= 4 is 35.1 Å². The average molecular weight is 708 g/mol. The fourth-order valence-electron chi connectivity index (χ4n) is 7.20. The SMILES string of the molecule is CCCC1/C(=[N+](/C(=O)NCc2ccccc2)c2ccc(-c3cnn(C)c3)cn2)C1CCCNc1ncc(C#N)c(-c2ccc3c(c2)NC(=O)C3(C)C)n1. The van der Waals surface area contributed by atoms with Crippen LogP contribution in [0.5, 0.6) is 0 Å². The predicted octanol–water partition coefficient (Wildman–Crippen LogP) is 6.97. The summed E-state index contributed by atoms with van der Waals surface area (Å²) in [5, 5.41) is 23.5. The third-order valence-electron chi connectivity index (χ3n) is 10.2. The van der Waals surface area contributed by atoms with Gasteiger partial charge in [0, 0.05) is 60.1 Å². The van der Waals surface area contributed by atoms with Crippen LogP contribution in [-0.2, 0) is 23.8 Å². The Morgan fingerprint density at radius 2 is 1.79 bits per heavy atom. The van der Waals surface area contributed by atoms with E-state index in [9.17, 15) is 14.9 Å². The molecule has 4 heterocycles. The number of fused-ring (bicyclic) bond motifs is 1. The Bertz CT molecular complexity index is 2240. The van der Waals surface area contributed by atoms with E-state index in [0.717, 1.165) is 64.9 Å². The van der Waals surface area contributed by atoms with E-state index < -0.39 is 5.41 Å². The van der Waals surface area contributed by atoms with E-state index in [1.54, 1.807) is 21.7 Å². The van der Waals surface area contributed by atoms with Crippen LogP contribution >= 0.6 is 0 Å². The number of aromatic nitrogens is 5. The van der Waals surface area contributed by atoms with Gasteiger partial charge >= 0.3 is 6.03 Å². The minimum Gasteiger partial charge on any atom is -0.354 e. The molecule has 5 aromatic rings. The molecule has 3 aromatic heterocycles. The molecule has 2 aliphatic rings. The van der Waals surface area contributed by atoms with E-state index in [2.05, 4.69) is 39.0 Å². The number of hydrogen-bond donors (Lipinski definition) is 3. The van der Waals surface area contributed by atoms with E-state index in [-0.39, 0.29) is 23.8 Å². The molecule has 0 bridgehead atoms. The minimum atomic E-state index is -0.621. The lowest BCUT2D eigenvalue weighted by Crippen LogP contribution is -2.32. The highest BCUT2D eigenvalue weighted by Crippen LogP contribution is 2.44. The topological polar surface area (TPSA) is 154 Å². The van der Waals surface area contributed by atoms with Crippen LogP contribution in [0.2, 0.25) is 0 Å². The van der Waals surface area contributed by atoms with Gasteiger partial charge in [0.1, 0.15) is 12.3 Å². The summed E-state index contributed by atoms with van der Waals surface area (Å²) in [6.07, 6.45) is 10.7. The van der Waals surface area contributed by atoms with Gasteiger partial charge in [-0.3, -0.25) is 14.8 Å². The minimum absolute atomic E-state index is 0.0571. The standard InChI is InChI=1S/C41H42N10O2/c1-5-10-31-32(13-9-18-43-39-45-23-29(20-42)36(49-39)27-14-16-33-34(19-27)48-38(52)41(33,2)3)37(31)51(40(53)46-21-26-11-7-6-8-12-26)35-17-15-28(22-44-35)30-24-47-50(4)25-30/h6-8,11-12,14-17,19,22-25,31-32H,5,9-10,13,18,21H2,1-4H3,(H2-,43,45,46,48,49,52,53)/p+1/b51-37-. The zero-order valence-corrected chi connectivity index (χ0v) is 30.4. The smallest absolute Gasteiger partial charge is 0.354 e. The molecule has 3 N–H and O–H groups in total. The van der Waals surface area contributed by atoms with Crippen molar-refractivity contribution in [3.05, 3.63) is 102 Å². The molecule has 268 valence electrons. The molecule has 0 spiro atoms. The molecule has 0 radical (unpaired) electrons. The number of benzene rings is 2. The van der Waals surface area contributed by atoms with Crippen molar-refractivity contribution in [3.8, 4) is 28.5 Å². The number of nitrogens with zero attached hydrogens (tertiary/aromatic N) is 7. The van der Waals surface area contributed by atoms with Crippen LogP contribution < -0.4 is 16.0 Å².